The highest BCUT2D eigenvalue weighted by Crippen LogP contribution is 2.27. The van der Waals surface area contributed by atoms with Gasteiger partial charge >= 0.3 is 0 Å². The Labute approximate surface area is 133 Å². The van der Waals surface area contributed by atoms with Crippen LogP contribution in [0.3, 0.4) is 0 Å². The standard InChI is InChI=1S/C17H28N4O/c1-17(2,21-8-10-22-11-9-21)13-20-7-3-4-15(12-20)16-5-6-18-14-19-16/h5-6,14-15H,3-4,7-13H2,1-2H3/t15-/m0/s1. The van der Waals surface area contributed by atoms with E-state index >= 15 is 0 Å². The van der Waals surface area contributed by atoms with Crippen LogP contribution in [-0.2, 0) is 4.74 Å². The number of likely N-dealkylation sites (tertiary alicyclic amines) is 1. The average molecular weight is 304 g/mol. The van der Waals surface area contributed by atoms with Crippen LogP contribution in [0.5, 0.6) is 0 Å². The number of nitrogens with zero attached hydrogens (tertiary/aromatic N) is 4. The van der Waals surface area contributed by atoms with Gasteiger partial charge in [0.25, 0.3) is 0 Å². The van der Waals surface area contributed by atoms with Crippen molar-refractivity contribution in [2.24, 2.45) is 0 Å². The van der Waals surface area contributed by atoms with Crippen molar-refractivity contribution in [2.75, 3.05) is 45.9 Å². The van der Waals surface area contributed by atoms with Crippen molar-refractivity contribution in [2.45, 2.75) is 38.1 Å². The summed E-state index contributed by atoms with van der Waals surface area (Å²) >= 11 is 0. The summed E-state index contributed by atoms with van der Waals surface area (Å²) in [6.07, 6.45) is 6.03. The first kappa shape index (κ1) is 15.8. The molecule has 2 aliphatic rings. The predicted octanol–water partition coefficient (Wildman–Crippen LogP) is 1.77. The molecule has 1 aromatic rings. The number of rotatable bonds is 4. The lowest BCUT2D eigenvalue weighted by Gasteiger charge is -2.45. The first-order valence-corrected chi connectivity index (χ1v) is 8.46. The fourth-order valence-corrected chi connectivity index (χ4v) is 3.80. The molecule has 3 heterocycles. The Balaban J connectivity index is 1.60. The Bertz CT molecular complexity index is 459. The van der Waals surface area contributed by atoms with E-state index in [0.29, 0.717) is 5.92 Å². The second kappa shape index (κ2) is 7.02. The van der Waals surface area contributed by atoms with Gasteiger partial charge in [0, 0.05) is 49.5 Å². The number of hydrogen-bond donors (Lipinski definition) is 0. The molecule has 2 fully saturated rings. The maximum Gasteiger partial charge on any atom is 0.115 e. The second-order valence-electron chi connectivity index (χ2n) is 7.12. The molecule has 0 N–H and O–H groups in total. The Morgan fingerprint density at radius 2 is 2.09 bits per heavy atom. The van der Waals surface area contributed by atoms with E-state index in [1.165, 1.54) is 25.1 Å². The Hall–Kier alpha value is -1.04. The minimum atomic E-state index is 0.206. The normalized spacial score (nSPS) is 25.3. The lowest BCUT2D eigenvalue weighted by Crippen LogP contribution is -2.56. The van der Waals surface area contributed by atoms with Gasteiger partial charge < -0.3 is 9.64 Å². The summed E-state index contributed by atoms with van der Waals surface area (Å²) in [5, 5.41) is 0. The summed E-state index contributed by atoms with van der Waals surface area (Å²) < 4.78 is 5.49. The third kappa shape index (κ3) is 3.83. The summed E-state index contributed by atoms with van der Waals surface area (Å²) in [7, 11) is 0. The Kier molecular flexibility index (Phi) is 5.06. The average Bonchev–Trinajstić information content (AvgIpc) is 2.56. The lowest BCUT2D eigenvalue weighted by molar-refractivity contribution is -0.0242. The van der Waals surface area contributed by atoms with E-state index in [2.05, 4.69) is 39.7 Å². The van der Waals surface area contributed by atoms with Crippen molar-refractivity contribution in [1.82, 2.24) is 19.8 Å². The first-order valence-electron chi connectivity index (χ1n) is 8.46. The molecular weight excluding hydrogens is 276 g/mol. The van der Waals surface area contributed by atoms with E-state index in [0.717, 1.165) is 39.4 Å². The van der Waals surface area contributed by atoms with Gasteiger partial charge in [0.15, 0.2) is 0 Å². The summed E-state index contributed by atoms with van der Waals surface area (Å²) in [4.78, 5) is 13.7. The van der Waals surface area contributed by atoms with Gasteiger partial charge in [-0.2, -0.15) is 0 Å². The summed E-state index contributed by atoms with van der Waals surface area (Å²) in [6, 6.07) is 2.07. The van der Waals surface area contributed by atoms with Crippen LogP contribution in [0.1, 0.15) is 38.3 Å². The molecule has 0 aliphatic carbocycles. The summed E-state index contributed by atoms with van der Waals surface area (Å²) in [6.45, 7) is 12.0. The van der Waals surface area contributed by atoms with Crippen molar-refractivity contribution < 1.29 is 4.74 Å². The van der Waals surface area contributed by atoms with Crippen LogP contribution in [0.15, 0.2) is 18.6 Å². The molecule has 0 radical (unpaired) electrons. The molecule has 0 amide bonds. The van der Waals surface area contributed by atoms with E-state index in [4.69, 9.17) is 4.74 Å². The van der Waals surface area contributed by atoms with E-state index in [-0.39, 0.29) is 5.54 Å². The monoisotopic (exact) mass is 304 g/mol. The van der Waals surface area contributed by atoms with Gasteiger partial charge in [0.05, 0.1) is 13.2 Å². The largest absolute Gasteiger partial charge is 0.379 e. The van der Waals surface area contributed by atoms with Crippen LogP contribution in [0, 0.1) is 0 Å². The van der Waals surface area contributed by atoms with E-state index in [9.17, 15) is 0 Å². The number of hydrogen-bond acceptors (Lipinski definition) is 5. The number of aromatic nitrogens is 2. The van der Waals surface area contributed by atoms with E-state index < -0.39 is 0 Å². The zero-order valence-electron chi connectivity index (χ0n) is 13.9. The summed E-state index contributed by atoms with van der Waals surface area (Å²) in [5.41, 5.74) is 1.40. The highest BCUT2D eigenvalue weighted by atomic mass is 16.5. The second-order valence-corrected chi connectivity index (χ2v) is 7.12. The smallest absolute Gasteiger partial charge is 0.115 e. The Morgan fingerprint density at radius 1 is 1.27 bits per heavy atom. The molecule has 2 aliphatic heterocycles. The maximum absolute atomic E-state index is 5.49. The van der Waals surface area contributed by atoms with Crippen LogP contribution >= 0.6 is 0 Å². The lowest BCUT2D eigenvalue weighted by atomic mass is 9.92. The zero-order chi connectivity index (χ0) is 15.4. The molecular formula is C17H28N4O. The van der Waals surface area contributed by atoms with Crippen molar-refractivity contribution in [1.29, 1.82) is 0 Å². The molecule has 3 rings (SSSR count). The highest BCUT2D eigenvalue weighted by molar-refractivity contribution is 5.08. The quantitative estimate of drug-likeness (QED) is 0.848. The first-order chi connectivity index (χ1) is 10.6. The van der Waals surface area contributed by atoms with Crippen LogP contribution in [-0.4, -0.2) is 71.2 Å². The molecule has 22 heavy (non-hydrogen) atoms. The zero-order valence-corrected chi connectivity index (χ0v) is 13.9. The fraction of sp³-hybridized carbons (Fsp3) is 0.765. The van der Waals surface area contributed by atoms with Gasteiger partial charge in [-0.25, -0.2) is 9.97 Å². The number of morpholine rings is 1. The molecule has 0 aromatic carbocycles. The van der Waals surface area contributed by atoms with Crippen molar-refractivity contribution >= 4 is 0 Å². The van der Waals surface area contributed by atoms with E-state index in [1.54, 1.807) is 6.33 Å². The van der Waals surface area contributed by atoms with Gasteiger partial charge in [0.1, 0.15) is 6.33 Å². The molecule has 0 saturated carbocycles. The number of ether oxygens (including phenoxy) is 1. The molecule has 0 unspecified atom stereocenters. The molecule has 5 nitrogen and oxygen atoms in total. The minimum absolute atomic E-state index is 0.206. The number of piperidine rings is 1. The molecule has 1 atom stereocenters. The van der Waals surface area contributed by atoms with Crippen LogP contribution in [0.25, 0.3) is 0 Å². The van der Waals surface area contributed by atoms with Crippen molar-refractivity contribution in [3.05, 3.63) is 24.3 Å². The third-order valence-corrected chi connectivity index (χ3v) is 5.01. The van der Waals surface area contributed by atoms with Crippen LogP contribution < -0.4 is 0 Å². The van der Waals surface area contributed by atoms with Gasteiger partial charge in [-0.1, -0.05) is 0 Å². The van der Waals surface area contributed by atoms with Gasteiger partial charge in [-0.3, -0.25) is 4.90 Å². The van der Waals surface area contributed by atoms with Crippen LogP contribution in [0.2, 0.25) is 0 Å². The van der Waals surface area contributed by atoms with Crippen molar-refractivity contribution in [3.63, 3.8) is 0 Å². The van der Waals surface area contributed by atoms with Gasteiger partial charge in [-0.05, 0) is 39.3 Å². The summed E-state index contributed by atoms with van der Waals surface area (Å²) in [5.74, 6) is 0.553. The topological polar surface area (TPSA) is 41.5 Å². The molecule has 122 valence electrons. The van der Waals surface area contributed by atoms with Gasteiger partial charge in [-0.15, -0.1) is 0 Å². The third-order valence-electron chi connectivity index (χ3n) is 5.01. The molecule has 0 bridgehead atoms. The molecule has 1 aromatic heterocycles. The van der Waals surface area contributed by atoms with Gasteiger partial charge in [0.2, 0.25) is 0 Å². The fourth-order valence-electron chi connectivity index (χ4n) is 3.80. The SMILES string of the molecule is CC(C)(CN1CCC[C@H](c2ccncn2)C1)N1CCOCC1. The predicted molar refractivity (Wildman–Crippen MR) is 86.9 cm³/mol. The minimum Gasteiger partial charge on any atom is -0.379 e. The molecule has 2 saturated heterocycles. The maximum atomic E-state index is 5.49. The van der Waals surface area contributed by atoms with Crippen molar-refractivity contribution in [3.8, 4) is 0 Å². The highest BCUT2D eigenvalue weighted by Gasteiger charge is 2.32. The molecule has 5 heteroatoms. The molecule has 0 spiro atoms. The Morgan fingerprint density at radius 3 is 2.82 bits per heavy atom. The van der Waals surface area contributed by atoms with Crippen LogP contribution in [0.4, 0.5) is 0 Å². The van der Waals surface area contributed by atoms with E-state index in [1.807, 2.05) is 6.20 Å².